The standard InChI is InChI=1S/C19H21BrFNO4/c20-13-1-2-15(14(21)4-13)22-16(23)9-26-17(24)18-5-11-3-12(6-18)8-19(25,7-11)10-18/h1-2,4,11-12,25H,3,5-10H2,(H,22,23)/t11-,12-,18?,19?/m1/s1. The van der Waals surface area contributed by atoms with Gasteiger partial charge in [-0.3, -0.25) is 9.59 Å². The normalized spacial score (nSPS) is 34.6. The van der Waals surface area contributed by atoms with E-state index in [1.165, 1.54) is 12.1 Å². The van der Waals surface area contributed by atoms with Crippen molar-refractivity contribution >= 4 is 33.5 Å². The highest BCUT2D eigenvalue weighted by atomic mass is 79.9. The highest BCUT2D eigenvalue weighted by Crippen LogP contribution is 2.61. The highest BCUT2D eigenvalue weighted by Gasteiger charge is 2.60. The molecule has 4 fully saturated rings. The summed E-state index contributed by atoms with van der Waals surface area (Å²) in [5.74, 6) is -0.833. The van der Waals surface area contributed by atoms with E-state index in [4.69, 9.17) is 4.74 Å². The Labute approximate surface area is 159 Å². The Balaban J connectivity index is 1.37. The lowest BCUT2D eigenvalue weighted by molar-refractivity contribution is -0.196. The first-order valence-corrected chi connectivity index (χ1v) is 9.71. The third kappa shape index (κ3) is 3.27. The molecule has 1 amide bonds. The van der Waals surface area contributed by atoms with Gasteiger partial charge in [0.1, 0.15) is 5.82 Å². The summed E-state index contributed by atoms with van der Waals surface area (Å²) in [6.45, 7) is -0.455. The molecule has 0 heterocycles. The number of anilines is 1. The zero-order chi connectivity index (χ0) is 18.5. The molecule has 0 spiro atoms. The van der Waals surface area contributed by atoms with Crippen LogP contribution in [-0.2, 0) is 14.3 Å². The predicted octanol–water partition coefficient (Wildman–Crippen LogP) is 3.40. The predicted molar refractivity (Wildman–Crippen MR) is 95.8 cm³/mol. The van der Waals surface area contributed by atoms with Crippen LogP contribution in [0.2, 0.25) is 0 Å². The van der Waals surface area contributed by atoms with Crippen LogP contribution in [0.25, 0.3) is 0 Å². The van der Waals surface area contributed by atoms with Crippen molar-refractivity contribution in [2.75, 3.05) is 11.9 Å². The number of aliphatic hydroxyl groups is 1. The monoisotopic (exact) mass is 425 g/mol. The number of benzene rings is 1. The second-order valence-corrected chi connectivity index (χ2v) is 9.13. The number of esters is 1. The third-order valence-corrected chi connectivity index (χ3v) is 6.50. The molecule has 5 nitrogen and oxygen atoms in total. The summed E-state index contributed by atoms with van der Waals surface area (Å²) < 4.78 is 19.6. The zero-order valence-corrected chi connectivity index (χ0v) is 15.9. The third-order valence-electron chi connectivity index (χ3n) is 6.00. The maximum absolute atomic E-state index is 13.8. The largest absolute Gasteiger partial charge is 0.455 e. The first-order chi connectivity index (χ1) is 12.3. The Morgan fingerprint density at radius 2 is 1.96 bits per heavy atom. The van der Waals surface area contributed by atoms with Gasteiger partial charge in [0.2, 0.25) is 0 Å². The molecule has 0 aliphatic heterocycles. The van der Waals surface area contributed by atoms with Crippen molar-refractivity contribution in [1.82, 2.24) is 0 Å². The SMILES string of the molecule is O=C(COC(=O)C12C[C@H]3C[C@@H](CC(O)(C3)C1)C2)Nc1ccc(Br)cc1F. The summed E-state index contributed by atoms with van der Waals surface area (Å²) in [7, 11) is 0. The second kappa shape index (κ2) is 6.30. The average molecular weight is 426 g/mol. The number of rotatable bonds is 4. The van der Waals surface area contributed by atoms with Crippen molar-refractivity contribution in [3.63, 3.8) is 0 Å². The summed E-state index contributed by atoms with van der Waals surface area (Å²) in [6.07, 6.45) is 4.49. The van der Waals surface area contributed by atoms with Gasteiger partial charge in [-0.1, -0.05) is 15.9 Å². The number of halogens is 2. The molecule has 1 aromatic carbocycles. The van der Waals surface area contributed by atoms with Crippen LogP contribution in [0, 0.1) is 23.1 Å². The lowest BCUT2D eigenvalue weighted by atomic mass is 9.48. The summed E-state index contributed by atoms with van der Waals surface area (Å²) in [5, 5.41) is 13.1. The fourth-order valence-corrected chi connectivity index (χ4v) is 5.85. The van der Waals surface area contributed by atoms with Crippen LogP contribution in [0.5, 0.6) is 0 Å². The molecule has 140 valence electrons. The molecule has 5 rings (SSSR count). The van der Waals surface area contributed by atoms with Crippen LogP contribution in [0.4, 0.5) is 10.1 Å². The van der Waals surface area contributed by atoms with Crippen LogP contribution < -0.4 is 5.32 Å². The van der Waals surface area contributed by atoms with Crippen molar-refractivity contribution in [2.24, 2.45) is 17.3 Å². The number of hydrogen-bond acceptors (Lipinski definition) is 4. The van der Waals surface area contributed by atoms with Crippen molar-refractivity contribution in [1.29, 1.82) is 0 Å². The van der Waals surface area contributed by atoms with Gasteiger partial charge >= 0.3 is 5.97 Å². The minimum atomic E-state index is -0.758. The van der Waals surface area contributed by atoms with Crippen LogP contribution in [-0.4, -0.2) is 29.2 Å². The Morgan fingerprint density at radius 1 is 1.27 bits per heavy atom. The van der Waals surface area contributed by atoms with E-state index in [9.17, 15) is 19.1 Å². The van der Waals surface area contributed by atoms with Crippen molar-refractivity contribution in [3.8, 4) is 0 Å². The molecule has 0 radical (unpaired) electrons. The van der Waals surface area contributed by atoms with Gasteiger partial charge in [0.25, 0.3) is 5.91 Å². The molecule has 2 N–H and O–H groups in total. The first kappa shape index (κ1) is 17.9. The molecule has 0 unspecified atom stereocenters. The zero-order valence-electron chi connectivity index (χ0n) is 14.3. The number of carbonyl (C=O) groups is 2. The van der Waals surface area contributed by atoms with Crippen LogP contribution in [0.15, 0.2) is 22.7 Å². The fraction of sp³-hybridized carbons (Fsp3) is 0.579. The maximum Gasteiger partial charge on any atom is 0.312 e. The van der Waals surface area contributed by atoms with Crippen LogP contribution in [0.3, 0.4) is 0 Å². The molecule has 4 aliphatic carbocycles. The molecule has 0 saturated heterocycles. The van der Waals surface area contributed by atoms with Crippen molar-refractivity contribution in [3.05, 3.63) is 28.5 Å². The second-order valence-electron chi connectivity index (χ2n) is 8.21. The highest BCUT2D eigenvalue weighted by molar-refractivity contribution is 9.10. The van der Waals surface area contributed by atoms with Crippen LogP contribution >= 0.6 is 15.9 Å². The van der Waals surface area contributed by atoms with Gasteiger partial charge < -0.3 is 15.2 Å². The first-order valence-electron chi connectivity index (χ1n) is 8.92. The van der Waals surface area contributed by atoms with E-state index in [-0.39, 0.29) is 5.69 Å². The van der Waals surface area contributed by atoms with E-state index >= 15 is 0 Å². The lowest BCUT2D eigenvalue weighted by Crippen LogP contribution is -2.58. The summed E-state index contributed by atoms with van der Waals surface area (Å²) in [5.41, 5.74) is -1.38. The number of hydrogen-bond donors (Lipinski definition) is 2. The topological polar surface area (TPSA) is 75.6 Å². The average Bonchev–Trinajstić information content (AvgIpc) is 2.53. The van der Waals surface area contributed by atoms with Gasteiger partial charge in [0, 0.05) is 4.47 Å². The molecule has 4 bridgehead atoms. The van der Waals surface area contributed by atoms with E-state index in [2.05, 4.69) is 21.2 Å². The Bertz CT molecular complexity index is 754. The lowest BCUT2D eigenvalue weighted by Gasteiger charge is -2.58. The van der Waals surface area contributed by atoms with Crippen molar-refractivity contribution < 1.29 is 23.8 Å². The van der Waals surface area contributed by atoms with Gasteiger partial charge in [-0.25, -0.2) is 4.39 Å². The van der Waals surface area contributed by atoms with Gasteiger partial charge in [-0.2, -0.15) is 0 Å². The maximum atomic E-state index is 13.8. The van der Waals surface area contributed by atoms with Gasteiger partial charge in [0.15, 0.2) is 6.61 Å². The molecule has 2 atom stereocenters. The fourth-order valence-electron chi connectivity index (χ4n) is 5.51. The number of ether oxygens (including phenoxy) is 1. The van der Waals surface area contributed by atoms with Gasteiger partial charge in [-0.05, 0) is 68.6 Å². The van der Waals surface area contributed by atoms with Gasteiger partial charge in [-0.15, -0.1) is 0 Å². The number of amides is 1. The Morgan fingerprint density at radius 3 is 2.58 bits per heavy atom. The summed E-state index contributed by atoms with van der Waals surface area (Å²) >= 11 is 3.15. The molecular formula is C19H21BrFNO4. The Hall–Kier alpha value is -1.47. The van der Waals surface area contributed by atoms with E-state index in [1.54, 1.807) is 6.07 Å². The van der Waals surface area contributed by atoms with Crippen molar-refractivity contribution in [2.45, 2.75) is 44.1 Å². The molecule has 4 saturated carbocycles. The number of carbonyl (C=O) groups excluding carboxylic acids is 2. The van der Waals surface area contributed by atoms with Gasteiger partial charge in [0.05, 0.1) is 16.7 Å². The quantitative estimate of drug-likeness (QED) is 0.724. The molecule has 26 heavy (non-hydrogen) atoms. The molecule has 7 heteroatoms. The summed E-state index contributed by atoms with van der Waals surface area (Å²) in [6, 6.07) is 4.30. The van der Waals surface area contributed by atoms with E-state index in [0.29, 0.717) is 22.7 Å². The Kier molecular flexibility index (Phi) is 4.34. The van der Waals surface area contributed by atoms with Crippen LogP contribution in [0.1, 0.15) is 38.5 Å². The molecule has 0 aromatic heterocycles. The molecular weight excluding hydrogens is 405 g/mol. The number of nitrogens with one attached hydrogen (secondary N) is 1. The van der Waals surface area contributed by atoms with E-state index in [1.807, 2.05) is 0 Å². The molecule has 1 aromatic rings. The van der Waals surface area contributed by atoms with E-state index < -0.39 is 35.3 Å². The smallest absolute Gasteiger partial charge is 0.312 e. The minimum absolute atomic E-state index is 0.0402. The minimum Gasteiger partial charge on any atom is -0.455 e. The molecule has 4 aliphatic rings. The van der Waals surface area contributed by atoms with E-state index in [0.717, 1.165) is 32.1 Å². The summed E-state index contributed by atoms with van der Waals surface area (Å²) in [4.78, 5) is 24.7.